The maximum absolute atomic E-state index is 11.1. The van der Waals surface area contributed by atoms with Crippen LogP contribution in [0.5, 0.6) is 0 Å². The van der Waals surface area contributed by atoms with Gasteiger partial charge in [0.2, 0.25) is 0 Å². The molecule has 0 saturated heterocycles. The Hall–Kier alpha value is -1.52. The van der Waals surface area contributed by atoms with E-state index in [-0.39, 0.29) is 12.1 Å². The zero-order valence-electron chi connectivity index (χ0n) is 8.59. The average Bonchev–Trinajstić information content (AvgIpc) is 2.00. The molecule has 80 valence electrons. The lowest BCUT2D eigenvalue weighted by atomic mass is 10.1. The number of hydrogen-bond acceptors (Lipinski definition) is 3. The lowest BCUT2D eigenvalue weighted by molar-refractivity contribution is -0.150. The van der Waals surface area contributed by atoms with Crippen LogP contribution in [0.2, 0.25) is 0 Å². The molecule has 1 amide bonds. The first kappa shape index (κ1) is 12.5. The molecule has 2 N–H and O–H groups in total. The number of hydrogen-bond donors (Lipinski definition) is 2. The molecule has 14 heavy (non-hydrogen) atoms. The first-order chi connectivity index (χ1) is 6.24. The third-order valence-electron chi connectivity index (χ3n) is 1.38. The van der Waals surface area contributed by atoms with Crippen LogP contribution >= 0.6 is 0 Å². The summed E-state index contributed by atoms with van der Waals surface area (Å²) in [4.78, 5) is 21.3. The summed E-state index contributed by atoms with van der Waals surface area (Å²) in [5, 5.41) is 10.5. The van der Waals surface area contributed by atoms with Crippen molar-refractivity contribution in [2.45, 2.75) is 26.4 Å². The molecule has 5 nitrogen and oxygen atoms in total. The van der Waals surface area contributed by atoms with Gasteiger partial charge in [-0.2, -0.15) is 0 Å². The van der Waals surface area contributed by atoms with Crippen LogP contribution in [0.25, 0.3) is 0 Å². The Kier molecular flexibility index (Phi) is 4.14. The van der Waals surface area contributed by atoms with E-state index in [9.17, 15) is 9.59 Å². The summed E-state index contributed by atoms with van der Waals surface area (Å²) < 4.78 is 4.99. The highest BCUT2D eigenvalue weighted by molar-refractivity contribution is 5.87. The van der Waals surface area contributed by atoms with E-state index in [4.69, 9.17) is 9.84 Å². The molecule has 0 aliphatic carbocycles. The molecule has 0 aliphatic heterocycles. The fraction of sp³-hybridized carbons (Fsp3) is 0.556. The normalized spacial score (nSPS) is 10.5. The van der Waals surface area contributed by atoms with Crippen molar-refractivity contribution in [1.82, 2.24) is 5.32 Å². The molecule has 0 fully saturated rings. The summed E-state index contributed by atoms with van der Waals surface area (Å²) in [6, 6.07) is 0. The molecule has 5 heteroatoms. The Morgan fingerprint density at radius 3 is 2.36 bits per heavy atom. The van der Waals surface area contributed by atoms with Crippen molar-refractivity contribution in [2.24, 2.45) is 0 Å². The van der Waals surface area contributed by atoms with Crippen LogP contribution < -0.4 is 5.32 Å². The molecule has 0 aromatic heterocycles. The Morgan fingerprint density at radius 1 is 1.50 bits per heavy atom. The fourth-order valence-corrected chi connectivity index (χ4v) is 0.663. The van der Waals surface area contributed by atoms with Gasteiger partial charge in [0.1, 0.15) is 5.60 Å². The van der Waals surface area contributed by atoms with Gasteiger partial charge in [-0.3, -0.25) is 0 Å². The second-order valence-electron chi connectivity index (χ2n) is 3.59. The van der Waals surface area contributed by atoms with Gasteiger partial charge in [0.15, 0.2) is 0 Å². The molecular formula is C9H15NO4. The number of nitrogens with one attached hydrogen (secondary N) is 1. The van der Waals surface area contributed by atoms with Crippen LogP contribution in [0.3, 0.4) is 0 Å². The van der Waals surface area contributed by atoms with E-state index in [2.05, 4.69) is 11.9 Å². The van der Waals surface area contributed by atoms with Gasteiger partial charge in [0.05, 0.1) is 6.54 Å². The minimum absolute atomic E-state index is 0.0430. The maximum atomic E-state index is 11.1. The molecule has 0 unspecified atom stereocenters. The first-order valence-electron chi connectivity index (χ1n) is 4.10. The van der Waals surface area contributed by atoms with Gasteiger partial charge >= 0.3 is 12.1 Å². The number of rotatable bonds is 4. The Bertz CT molecular complexity index is 258. The number of ether oxygens (including phenoxy) is 1. The number of carboxylic acid groups (broad SMARTS) is 1. The molecule has 0 atom stereocenters. The Labute approximate surface area is 82.7 Å². The molecule has 0 bridgehead atoms. The summed E-state index contributed by atoms with van der Waals surface area (Å²) >= 11 is 0. The van der Waals surface area contributed by atoms with E-state index in [0.717, 1.165) is 0 Å². The van der Waals surface area contributed by atoms with Gasteiger partial charge in [-0.05, 0) is 20.8 Å². The van der Waals surface area contributed by atoms with E-state index in [0.29, 0.717) is 0 Å². The molecule has 0 aromatic rings. The van der Waals surface area contributed by atoms with Gasteiger partial charge in [0.25, 0.3) is 0 Å². The molecule has 0 spiro atoms. The Balaban J connectivity index is 4.13. The second kappa shape index (κ2) is 4.64. The number of esters is 1. The van der Waals surface area contributed by atoms with E-state index in [1.54, 1.807) is 13.8 Å². The van der Waals surface area contributed by atoms with Crippen LogP contribution in [-0.2, 0) is 9.53 Å². The maximum Gasteiger partial charge on any atom is 0.404 e. The van der Waals surface area contributed by atoms with Crippen LogP contribution in [0.1, 0.15) is 20.8 Å². The molecule has 0 heterocycles. The lowest BCUT2D eigenvalue weighted by Gasteiger charge is -2.24. The molecule has 0 radical (unpaired) electrons. The van der Waals surface area contributed by atoms with Crippen LogP contribution in [-0.4, -0.2) is 29.3 Å². The topological polar surface area (TPSA) is 75.6 Å². The highest BCUT2D eigenvalue weighted by atomic mass is 16.6. The zero-order valence-corrected chi connectivity index (χ0v) is 8.59. The van der Waals surface area contributed by atoms with E-state index < -0.39 is 17.7 Å². The quantitative estimate of drug-likeness (QED) is 0.528. The van der Waals surface area contributed by atoms with Crippen molar-refractivity contribution in [3.8, 4) is 0 Å². The van der Waals surface area contributed by atoms with E-state index in [1.165, 1.54) is 6.92 Å². The summed E-state index contributed by atoms with van der Waals surface area (Å²) in [6.07, 6.45) is -1.15. The molecule has 0 saturated carbocycles. The van der Waals surface area contributed by atoms with Crippen LogP contribution in [0.4, 0.5) is 4.79 Å². The van der Waals surface area contributed by atoms with Gasteiger partial charge in [0, 0.05) is 5.57 Å². The van der Waals surface area contributed by atoms with Crippen molar-refractivity contribution >= 4 is 12.1 Å². The van der Waals surface area contributed by atoms with Crippen LogP contribution in [0.15, 0.2) is 12.2 Å². The third kappa shape index (κ3) is 5.18. The molecular weight excluding hydrogens is 186 g/mol. The minimum Gasteiger partial charge on any atom is -0.465 e. The highest BCUT2D eigenvalue weighted by Crippen LogP contribution is 2.10. The summed E-state index contributed by atoms with van der Waals surface area (Å²) in [5.41, 5.74) is -0.581. The number of amides is 1. The van der Waals surface area contributed by atoms with Crippen molar-refractivity contribution in [1.29, 1.82) is 0 Å². The van der Waals surface area contributed by atoms with E-state index in [1.807, 2.05) is 0 Å². The smallest absolute Gasteiger partial charge is 0.404 e. The highest BCUT2D eigenvalue weighted by Gasteiger charge is 2.23. The van der Waals surface area contributed by atoms with Gasteiger partial charge in [-0.25, -0.2) is 9.59 Å². The lowest BCUT2D eigenvalue weighted by Crippen LogP contribution is -2.41. The monoisotopic (exact) mass is 201 g/mol. The largest absolute Gasteiger partial charge is 0.465 e. The second-order valence-corrected chi connectivity index (χ2v) is 3.59. The SMILES string of the molecule is C=C(C)C(=O)OC(C)(C)CNC(=O)O. The van der Waals surface area contributed by atoms with E-state index >= 15 is 0 Å². The van der Waals surface area contributed by atoms with Gasteiger partial charge in [-0.15, -0.1) is 0 Å². The van der Waals surface area contributed by atoms with Gasteiger partial charge in [-0.1, -0.05) is 6.58 Å². The summed E-state index contributed by atoms with van der Waals surface area (Å²) in [6.45, 7) is 8.23. The molecule has 0 aromatic carbocycles. The summed E-state index contributed by atoms with van der Waals surface area (Å²) in [5.74, 6) is -0.526. The van der Waals surface area contributed by atoms with Crippen molar-refractivity contribution < 1.29 is 19.4 Å². The van der Waals surface area contributed by atoms with Crippen molar-refractivity contribution in [2.75, 3.05) is 6.54 Å². The number of carbonyl (C=O) groups is 2. The standard InChI is InChI=1S/C9H15NO4/c1-6(2)7(11)14-9(3,4)5-10-8(12)13/h10H,1,5H2,2-4H3,(H,12,13). The minimum atomic E-state index is -1.15. The molecule has 0 aliphatic rings. The Morgan fingerprint density at radius 2 is 2.00 bits per heavy atom. The predicted molar refractivity (Wildman–Crippen MR) is 51.0 cm³/mol. The van der Waals surface area contributed by atoms with Crippen molar-refractivity contribution in [3.05, 3.63) is 12.2 Å². The number of carbonyl (C=O) groups excluding carboxylic acids is 1. The molecule has 0 rings (SSSR count). The third-order valence-corrected chi connectivity index (χ3v) is 1.38. The first-order valence-corrected chi connectivity index (χ1v) is 4.10. The summed E-state index contributed by atoms with van der Waals surface area (Å²) in [7, 11) is 0. The van der Waals surface area contributed by atoms with Gasteiger partial charge < -0.3 is 15.2 Å². The average molecular weight is 201 g/mol. The predicted octanol–water partition coefficient (Wildman–Crippen LogP) is 1.15. The van der Waals surface area contributed by atoms with Crippen molar-refractivity contribution in [3.63, 3.8) is 0 Å². The zero-order chi connectivity index (χ0) is 11.4. The van der Waals surface area contributed by atoms with Crippen LogP contribution in [0, 0.1) is 0 Å². The fourth-order valence-electron chi connectivity index (χ4n) is 0.663.